The van der Waals surface area contributed by atoms with Gasteiger partial charge in [0.2, 0.25) is 0 Å². The zero-order valence-electron chi connectivity index (χ0n) is 14.7. The average Bonchev–Trinajstić information content (AvgIpc) is 3.43. The molecule has 0 radical (unpaired) electrons. The number of nitrogens with zero attached hydrogens (tertiary/aromatic N) is 3. The minimum Gasteiger partial charge on any atom is -0.495 e. The smallest absolute Gasteiger partial charge is 0.152 e. The highest BCUT2D eigenvalue weighted by Gasteiger charge is 2.31. The van der Waals surface area contributed by atoms with Crippen LogP contribution in [0.5, 0.6) is 5.75 Å². The van der Waals surface area contributed by atoms with Crippen molar-refractivity contribution in [1.82, 2.24) is 9.78 Å². The maximum absolute atomic E-state index is 14.0. The van der Waals surface area contributed by atoms with Crippen LogP contribution in [-0.2, 0) is 4.74 Å². The van der Waals surface area contributed by atoms with Crippen molar-refractivity contribution in [1.29, 1.82) is 5.26 Å². The van der Waals surface area contributed by atoms with Crippen LogP contribution in [-0.4, -0.2) is 23.5 Å². The molecule has 4 rings (SSSR count). The Morgan fingerprint density at radius 3 is 2.81 bits per heavy atom. The fourth-order valence-corrected chi connectivity index (χ4v) is 3.34. The predicted molar refractivity (Wildman–Crippen MR) is 94.0 cm³/mol. The lowest BCUT2D eigenvalue weighted by molar-refractivity contribution is -0.0409. The largest absolute Gasteiger partial charge is 0.495 e. The first-order valence-electron chi connectivity index (χ1n) is 8.95. The first kappa shape index (κ1) is 16.9. The first-order valence-corrected chi connectivity index (χ1v) is 8.95. The highest BCUT2D eigenvalue weighted by Crippen LogP contribution is 2.43. The fourth-order valence-electron chi connectivity index (χ4n) is 3.34. The number of nitriles is 1. The molecule has 26 heavy (non-hydrogen) atoms. The third kappa shape index (κ3) is 3.25. The molecule has 7 heteroatoms. The van der Waals surface area contributed by atoms with Crippen LogP contribution in [0.25, 0.3) is 0 Å². The third-order valence-corrected chi connectivity index (χ3v) is 4.86. The van der Waals surface area contributed by atoms with Crippen molar-refractivity contribution >= 4 is 11.5 Å². The summed E-state index contributed by atoms with van der Waals surface area (Å²) in [7, 11) is 1.49. The Labute approximate surface area is 151 Å². The minimum atomic E-state index is -0.590. The van der Waals surface area contributed by atoms with Crippen molar-refractivity contribution in [2.45, 2.75) is 44.2 Å². The van der Waals surface area contributed by atoms with Crippen LogP contribution in [0.2, 0.25) is 0 Å². The maximum Gasteiger partial charge on any atom is 0.152 e. The summed E-state index contributed by atoms with van der Waals surface area (Å²) in [5.74, 6) is 0.958. The number of methoxy groups -OCH3 is 1. The van der Waals surface area contributed by atoms with Crippen LogP contribution >= 0.6 is 0 Å². The number of aromatic nitrogens is 2. The summed E-state index contributed by atoms with van der Waals surface area (Å²) in [6.45, 7) is 0.756. The van der Waals surface area contributed by atoms with Gasteiger partial charge in [0.1, 0.15) is 17.6 Å². The number of hydrogen-bond donors (Lipinski definition) is 1. The van der Waals surface area contributed by atoms with Gasteiger partial charge in [-0.1, -0.05) is 0 Å². The molecule has 1 aromatic carbocycles. The van der Waals surface area contributed by atoms with E-state index in [4.69, 9.17) is 14.7 Å². The Balaban J connectivity index is 1.64. The second-order valence-corrected chi connectivity index (χ2v) is 6.76. The predicted octanol–water partition coefficient (Wildman–Crippen LogP) is 4.22. The van der Waals surface area contributed by atoms with Crippen molar-refractivity contribution in [3.63, 3.8) is 0 Å². The molecule has 2 fully saturated rings. The van der Waals surface area contributed by atoms with Gasteiger partial charge in [-0.15, -0.1) is 0 Å². The summed E-state index contributed by atoms with van der Waals surface area (Å²) in [5, 5.41) is 16.8. The Morgan fingerprint density at radius 2 is 2.15 bits per heavy atom. The Kier molecular flexibility index (Phi) is 4.51. The third-order valence-electron chi connectivity index (χ3n) is 4.86. The van der Waals surface area contributed by atoms with Gasteiger partial charge in [-0.3, -0.25) is 0 Å². The molecule has 1 aliphatic carbocycles. The van der Waals surface area contributed by atoms with Crippen LogP contribution in [0.3, 0.4) is 0 Å². The van der Waals surface area contributed by atoms with Crippen LogP contribution in [0, 0.1) is 17.1 Å². The lowest BCUT2D eigenvalue weighted by Gasteiger charge is -2.24. The first-order chi connectivity index (χ1) is 12.7. The number of ether oxygens (including phenoxy) is 2. The van der Waals surface area contributed by atoms with E-state index in [9.17, 15) is 4.39 Å². The van der Waals surface area contributed by atoms with E-state index in [1.807, 2.05) is 16.8 Å². The van der Waals surface area contributed by atoms with E-state index < -0.39 is 5.82 Å². The van der Waals surface area contributed by atoms with E-state index in [2.05, 4.69) is 10.4 Å². The molecule has 1 saturated heterocycles. The molecule has 2 aromatic rings. The van der Waals surface area contributed by atoms with Crippen molar-refractivity contribution in [2.75, 3.05) is 19.0 Å². The minimum absolute atomic E-state index is 0.0329. The molecule has 1 atom stereocenters. The van der Waals surface area contributed by atoms with Gasteiger partial charge in [0.15, 0.2) is 12.0 Å². The lowest BCUT2D eigenvalue weighted by Crippen LogP contribution is -2.20. The van der Waals surface area contributed by atoms with Crippen LogP contribution in [0.1, 0.15) is 55.5 Å². The monoisotopic (exact) mass is 356 g/mol. The standard InChI is InChI=1S/C19H21FN4O2/c1-25-17-8-13(11-21)14(20)9-15(17)22-18-10-16(12-5-6-12)24(23-18)19-4-2-3-7-26-19/h8-10,12,19H,2-7H2,1H3,(H,22,23). The second kappa shape index (κ2) is 6.96. The fraction of sp³-hybridized carbons (Fsp3) is 0.474. The summed E-state index contributed by atoms with van der Waals surface area (Å²) in [6.07, 6.45) is 5.46. The van der Waals surface area contributed by atoms with Gasteiger partial charge in [0.25, 0.3) is 0 Å². The summed E-state index contributed by atoms with van der Waals surface area (Å²) in [5.41, 5.74) is 1.56. The van der Waals surface area contributed by atoms with Crippen molar-refractivity contribution < 1.29 is 13.9 Å². The molecule has 1 aromatic heterocycles. The summed E-state index contributed by atoms with van der Waals surface area (Å²) in [4.78, 5) is 0. The Morgan fingerprint density at radius 1 is 1.31 bits per heavy atom. The van der Waals surface area contributed by atoms with Crippen LogP contribution in [0.15, 0.2) is 18.2 Å². The molecular weight excluding hydrogens is 335 g/mol. The maximum atomic E-state index is 14.0. The molecule has 1 aliphatic heterocycles. The molecule has 1 unspecified atom stereocenters. The quantitative estimate of drug-likeness (QED) is 0.868. The van der Waals surface area contributed by atoms with E-state index in [0.29, 0.717) is 23.2 Å². The van der Waals surface area contributed by atoms with Gasteiger partial charge in [0, 0.05) is 36.4 Å². The van der Waals surface area contributed by atoms with Crippen LogP contribution < -0.4 is 10.1 Å². The molecular formula is C19H21FN4O2. The van der Waals surface area contributed by atoms with Crippen molar-refractivity contribution in [2.24, 2.45) is 0 Å². The highest BCUT2D eigenvalue weighted by atomic mass is 19.1. The molecule has 136 valence electrons. The van der Waals surface area contributed by atoms with Gasteiger partial charge in [-0.2, -0.15) is 10.4 Å². The molecule has 0 bridgehead atoms. The molecule has 6 nitrogen and oxygen atoms in total. The van der Waals surface area contributed by atoms with E-state index in [1.165, 1.54) is 19.2 Å². The Bertz CT molecular complexity index is 848. The molecule has 2 heterocycles. The van der Waals surface area contributed by atoms with E-state index in [0.717, 1.165) is 44.4 Å². The zero-order valence-corrected chi connectivity index (χ0v) is 14.7. The molecule has 0 spiro atoms. The molecule has 0 amide bonds. The summed E-state index contributed by atoms with van der Waals surface area (Å²) < 4.78 is 27.2. The Hall–Kier alpha value is -2.59. The second-order valence-electron chi connectivity index (χ2n) is 6.76. The lowest BCUT2D eigenvalue weighted by atomic mass is 10.2. The van der Waals surface area contributed by atoms with Gasteiger partial charge < -0.3 is 14.8 Å². The number of rotatable bonds is 5. The topological polar surface area (TPSA) is 72.1 Å². The molecule has 1 N–H and O–H groups in total. The van der Waals surface area contributed by atoms with E-state index in [1.54, 1.807) is 0 Å². The van der Waals surface area contributed by atoms with E-state index in [-0.39, 0.29) is 11.8 Å². The van der Waals surface area contributed by atoms with Crippen molar-refractivity contribution in [3.05, 3.63) is 35.3 Å². The summed E-state index contributed by atoms with van der Waals surface area (Å²) in [6, 6.07) is 6.48. The zero-order chi connectivity index (χ0) is 18.1. The number of anilines is 2. The SMILES string of the molecule is COc1cc(C#N)c(F)cc1Nc1cc(C2CC2)n(C2CCCCO2)n1. The van der Waals surface area contributed by atoms with Crippen molar-refractivity contribution in [3.8, 4) is 11.8 Å². The molecule has 2 aliphatic rings. The number of hydrogen-bond acceptors (Lipinski definition) is 5. The number of halogens is 1. The summed E-state index contributed by atoms with van der Waals surface area (Å²) >= 11 is 0. The highest BCUT2D eigenvalue weighted by molar-refractivity contribution is 5.66. The van der Waals surface area contributed by atoms with Gasteiger partial charge in [-0.25, -0.2) is 9.07 Å². The number of nitrogens with one attached hydrogen (secondary N) is 1. The van der Waals surface area contributed by atoms with Gasteiger partial charge in [0.05, 0.1) is 18.4 Å². The normalized spacial score (nSPS) is 19.8. The van der Waals surface area contributed by atoms with Gasteiger partial charge in [-0.05, 0) is 32.1 Å². The number of benzene rings is 1. The van der Waals surface area contributed by atoms with E-state index >= 15 is 0 Å². The molecule has 1 saturated carbocycles. The van der Waals surface area contributed by atoms with Gasteiger partial charge >= 0.3 is 0 Å². The average molecular weight is 356 g/mol. The van der Waals surface area contributed by atoms with Crippen LogP contribution in [0.4, 0.5) is 15.9 Å².